The molecule has 6 heteroatoms. The van der Waals surface area contributed by atoms with E-state index in [1.54, 1.807) is 0 Å². The Balaban J connectivity index is 1.84. The molecule has 1 atom stereocenters. The van der Waals surface area contributed by atoms with Crippen LogP contribution in [-0.2, 0) is 0 Å². The van der Waals surface area contributed by atoms with Crippen molar-refractivity contribution in [3.05, 3.63) is 28.2 Å². The highest BCUT2D eigenvalue weighted by Crippen LogP contribution is 2.08. The lowest BCUT2D eigenvalue weighted by atomic mass is 10.1. The Bertz CT molecular complexity index is 459. The maximum absolute atomic E-state index is 11.9. The molecule has 1 aliphatic heterocycles. The van der Waals surface area contributed by atoms with Crippen LogP contribution in [0.1, 0.15) is 36.7 Å². The summed E-state index contributed by atoms with van der Waals surface area (Å²) < 4.78 is 0. The molecule has 1 fully saturated rings. The van der Waals surface area contributed by atoms with Gasteiger partial charge in [0.15, 0.2) is 0 Å². The van der Waals surface area contributed by atoms with Crippen LogP contribution < -0.4 is 10.9 Å². The first-order chi connectivity index (χ1) is 9.15. The summed E-state index contributed by atoms with van der Waals surface area (Å²) in [5, 5.41) is 8.87. The summed E-state index contributed by atoms with van der Waals surface area (Å²) in [7, 11) is 0. The standard InChI is InChI=1S/C13H20N4O2/c1-10(9-17-7-3-2-4-8-17)14-13(19)11-5-6-12(18)16-15-11/h5-6,10H,2-4,7-9H2,1H3,(H,14,19)(H,16,18). The Morgan fingerprint density at radius 2 is 2.16 bits per heavy atom. The van der Waals surface area contributed by atoms with E-state index in [9.17, 15) is 9.59 Å². The maximum atomic E-state index is 11.9. The van der Waals surface area contributed by atoms with Crippen molar-refractivity contribution in [1.29, 1.82) is 0 Å². The van der Waals surface area contributed by atoms with Crippen molar-refractivity contribution in [2.24, 2.45) is 0 Å². The Labute approximate surface area is 112 Å². The predicted octanol–water partition coefficient (Wildman–Crippen LogP) is 0.374. The van der Waals surface area contributed by atoms with Crippen LogP contribution in [-0.4, -0.2) is 46.7 Å². The average Bonchev–Trinajstić information content (AvgIpc) is 2.40. The fourth-order valence-corrected chi connectivity index (χ4v) is 2.34. The minimum atomic E-state index is -0.307. The number of aromatic amines is 1. The minimum absolute atomic E-state index is 0.0688. The van der Waals surface area contributed by atoms with Gasteiger partial charge in [-0.2, -0.15) is 5.10 Å². The fourth-order valence-electron chi connectivity index (χ4n) is 2.34. The smallest absolute Gasteiger partial charge is 0.271 e. The molecule has 1 amide bonds. The van der Waals surface area contributed by atoms with Gasteiger partial charge in [-0.15, -0.1) is 0 Å². The molecular formula is C13H20N4O2. The van der Waals surface area contributed by atoms with Gasteiger partial charge in [-0.3, -0.25) is 9.59 Å². The number of rotatable bonds is 4. The van der Waals surface area contributed by atoms with Crippen LogP contribution >= 0.6 is 0 Å². The van der Waals surface area contributed by atoms with Crippen molar-refractivity contribution in [1.82, 2.24) is 20.4 Å². The zero-order chi connectivity index (χ0) is 13.7. The predicted molar refractivity (Wildman–Crippen MR) is 72.1 cm³/mol. The Kier molecular flexibility index (Phi) is 4.68. The fraction of sp³-hybridized carbons (Fsp3) is 0.615. The van der Waals surface area contributed by atoms with Gasteiger partial charge in [0.25, 0.3) is 11.5 Å². The van der Waals surface area contributed by atoms with Crippen molar-refractivity contribution in [3.63, 3.8) is 0 Å². The number of likely N-dealkylation sites (tertiary alicyclic amines) is 1. The van der Waals surface area contributed by atoms with E-state index in [0.29, 0.717) is 0 Å². The van der Waals surface area contributed by atoms with Crippen molar-refractivity contribution >= 4 is 5.91 Å². The molecule has 104 valence electrons. The van der Waals surface area contributed by atoms with Crippen molar-refractivity contribution < 1.29 is 4.79 Å². The van der Waals surface area contributed by atoms with Crippen LogP contribution in [0.15, 0.2) is 16.9 Å². The molecule has 2 heterocycles. The molecule has 0 bridgehead atoms. The van der Waals surface area contributed by atoms with E-state index in [1.807, 2.05) is 6.92 Å². The molecule has 1 unspecified atom stereocenters. The summed E-state index contributed by atoms with van der Waals surface area (Å²) in [6.45, 7) is 5.06. The monoisotopic (exact) mass is 264 g/mol. The first kappa shape index (κ1) is 13.7. The number of hydrogen-bond donors (Lipinski definition) is 2. The normalized spacial score (nSPS) is 17.9. The van der Waals surface area contributed by atoms with E-state index in [-0.39, 0.29) is 23.2 Å². The maximum Gasteiger partial charge on any atom is 0.271 e. The summed E-state index contributed by atoms with van der Waals surface area (Å²) >= 11 is 0. The first-order valence-electron chi connectivity index (χ1n) is 6.74. The van der Waals surface area contributed by atoms with Crippen LogP contribution in [0.3, 0.4) is 0 Å². The van der Waals surface area contributed by atoms with Gasteiger partial charge in [-0.1, -0.05) is 6.42 Å². The van der Waals surface area contributed by atoms with Crippen LogP contribution in [0.25, 0.3) is 0 Å². The van der Waals surface area contributed by atoms with Crippen LogP contribution in [0.5, 0.6) is 0 Å². The van der Waals surface area contributed by atoms with Gasteiger partial charge in [0.05, 0.1) is 0 Å². The molecule has 0 aromatic carbocycles. The van der Waals surface area contributed by atoms with Crippen molar-refractivity contribution in [3.8, 4) is 0 Å². The van der Waals surface area contributed by atoms with E-state index >= 15 is 0 Å². The van der Waals surface area contributed by atoms with Crippen molar-refractivity contribution in [2.45, 2.75) is 32.2 Å². The summed E-state index contributed by atoms with van der Waals surface area (Å²) in [4.78, 5) is 25.1. The van der Waals surface area contributed by atoms with Gasteiger partial charge in [0, 0.05) is 18.7 Å². The molecule has 19 heavy (non-hydrogen) atoms. The number of amides is 1. The highest BCUT2D eigenvalue weighted by Gasteiger charge is 2.16. The summed E-state index contributed by atoms with van der Waals surface area (Å²) in [5.74, 6) is -0.249. The zero-order valence-electron chi connectivity index (χ0n) is 11.2. The van der Waals surface area contributed by atoms with E-state index in [0.717, 1.165) is 19.6 Å². The summed E-state index contributed by atoms with van der Waals surface area (Å²) in [6.07, 6.45) is 3.78. The Hall–Kier alpha value is -1.69. The lowest BCUT2D eigenvalue weighted by Crippen LogP contribution is -2.44. The van der Waals surface area contributed by atoms with Crippen LogP contribution in [0.4, 0.5) is 0 Å². The highest BCUT2D eigenvalue weighted by atomic mass is 16.2. The van der Waals surface area contributed by atoms with Gasteiger partial charge in [0.2, 0.25) is 0 Å². The molecular weight excluding hydrogens is 244 g/mol. The highest BCUT2D eigenvalue weighted by molar-refractivity contribution is 5.92. The van der Waals surface area contributed by atoms with Gasteiger partial charge in [0.1, 0.15) is 5.69 Å². The van der Waals surface area contributed by atoms with Gasteiger partial charge in [-0.05, 0) is 38.9 Å². The largest absolute Gasteiger partial charge is 0.347 e. The summed E-state index contributed by atoms with van der Waals surface area (Å²) in [5.41, 5.74) is -0.0667. The second-order valence-corrected chi connectivity index (χ2v) is 5.04. The van der Waals surface area contributed by atoms with E-state index in [1.165, 1.54) is 31.4 Å². The second kappa shape index (κ2) is 6.47. The number of hydrogen-bond acceptors (Lipinski definition) is 4. The van der Waals surface area contributed by atoms with E-state index in [4.69, 9.17) is 0 Å². The molecule has 1 aliphatic rings. The van der Waals surface area contributed by atoms with Gasteiger partial charge >= 0.3 is 0 Å². The Morgan fingerprint density at radius 3 is 2.79 bits per heavy atom. The Morgan fingerprint density at radius 1 is 1.42 bits per heavy atom. The molecule has 1 saturated heterocycles. The molecule has 0 radical (unpaired) electrons. The number of piperidine rings is 1. The minimum Gasteiger partial charge on any atom is -0.347 e. The molecule has 1 aromatic heterocycles. The third-order valence-corrected chi connectivity index (χ3v) is 3.27. The number of carbonyl (C=O) groups excluding carboxylic acids is 1. The molecule has 1 aromatic rings. The van der Waals surface area contributed by atoms with E-state index in [2.05, 4.69) is 20.4 Å². The molecule has 6 nitrogen and oxygen atoms in total. The first-order valence-corrected chi connectivity index (χ1v) is 6.74. The number of nitrogens with one attached hydrogen (secondary N) is 2. The third-order valence-electron chi connectivity index (χ3n) is 3.27. The lowest BCUT2D eigenvalue weighted by molar-refractivity contribution is 0.0919. The van der Waals surface area contributed by atoms with Crippen molar-refractivity contribution in [2.75, 3.05) is 19.6 Å². The van der Waals surface area contributed by atoms with Gasteiger partial charge in [-0.25, -0.2) is 5.10 Å². The number of nitrogens with zero attached hydrogens (tertiary/aromatic N) is 2. The second-order valence-electron chi connectivity index (χ2n) is 5.04. The lowest BCUT2D eigenvalue weighted by Gasteiger charge is -2.29. The number of H-pyrrole nitrogens is 1. The molecule has 2 rings (SSSR count). The SMILES string of the molecule is CC(CN1CCCCC1)NC(=O)c1ccc(=O)[nH]n1. The number of aromatic nitrogens is 2. The molecule has 0 saturated carbocycles. The average molecular weight is 264 g/mol. The molecule has 0 spiro atoms. The van der Waals surface area contributed by atoms with Crippen LogP contribution in [0, 0.1) is 0 Å². The summed E-state index contributed by atoms with van der Waals surface area (Å²) in [6, 6.07) is 2.80. The zero-order valence-corrected chi connectivity index (χ0v) is 11.2. The van der Waals surface area contributed by atoms with Gasteiger partial charge < -0.3 is 10.2 Å². The molecule has 0 aliphatic carbocycles. The molecule has 2 N–H and O–H groups in total. The third kappa shape index (κ3) is 4.17. The quantitative estimate of drug-likeness (QED) is 0.824. The van der Waals surface area contributed by atoms with Crippen LogP contribution in [0.2, 0.25) is 0 Å². The van der Waals surface area contributed by atoms with E-state index < -0.39 is 0 Å². The topological polar surface area (TPSA) is 78.1 Å². The number of carbonyl (C=O) groups is 1.